The van der Waals surface area contributed by atoms with Crippen LogP contribution in [0.1, 0.15) is 32.8 Å². The molecule has 0 aliphatic carbocycles. The molecule has 0 spiro atoms. The van der Waals surface area contributed by atoms with Crippen molar-refractivity contribution in [3.8, 4) is 0 Å². The number of nitrogens with two attached hydrogens (primary N) is 1. The van der Waals surface area contributed by atoms with E-state index in [4.69, 9.17) is 5.14 Å². The lowest BCUT2D eigenvalue weighted by Gasteiger charge is -2.38. The maximum atomic E-state index is 12.6. The summed E-state index contributed by atoms with van der Waals surface area (Å²) in [7, 11) is -4.02. The van der Waals surface area contributed by atoms with Crippen LogP contribution >= 0.6 is 0 Å². The summed E-state index contributed by atoms with van der Waals surface area (Å²) in [5.74, 6) is 0.377. The third-order valence-electron chi connectivity index (χ3n) is 3.30. The second-order valence-corrected chi connectivity index (χ2v) is 8.36. The highest BCUT2D eigenvalue weighted by molar-refractivity contribution is 7.90. The van der Waals surface area contributed by atoms with Gasteiger partial charge in [0.2, 0.25) is 10.0 Å². The van der Waals surface area contributed by atoms with E-state index >= 15 is 0 Å². The third kappa shape index (κ3) is 4.02. The Bertz CT molecular complexity index is 744. The predicted molar refractivity (Wildman–Crippen MR) is 88.7 cm³/mol. The van der Waals surface area contributed by atoms with Gasteiger partial charge in [-0.3, -0.25) is 4.98 Å². The number of hydrogen-bond donors (Lipinski definition) is 2. The Morgan fingerprint density at radius 3 is 2.39 bits per heavy atom. The first-order valence-corrected chi connectivity index (χ1v) is 8.66. The molecular weight excluding hydrogens is 314 g/mol. The summed E-state index contributed by atoms with van der Waals surface area (Å²) < 4.78 is 25.2. The van der Waals surface area contributed by atoms with E-state index in [0.29, 0.717) is 11.4 Å². The average Bonchev–Trinajstić information content (AvgIpc) is 2.46. The molecule has 2 aromatic heterocycles. The van der Waals surface area contributed by atoms with Gasteiger partial charge in [-0.2, -0.15) is 0 Å². The Morgan fingerprint density at radius 1 is 1.17 bits per heavy atom. The normalized spacial score (nSPS) is 15.0. The number of pyridine rings is 1. The van der Waals surface area contributed by atoms with Crippen LogP contribution < -0.4 is 10.5 Å². The molecule has 0 amide bonds. The number of anilines is 1. The largest absolute Gasteiger partial charge is 0.346 e. The van der Waals surface area contributed by atoms with Gasteiger partial charge in [-0.25, -0.2) is 23.5 Å². The first kappa shape index (κ1) is 17.3. The van der Waals surface area contributed by atoms with Crippen LogP contribution in [0.25, 0.3) is 0 Å². The van der Waals surface area contributed by atoms with Gasteiger partial charge >= 0.3 is 0 Å². The van der Waals surface area contributed by atoms with Crippen molar-refractivity contribution in [3.63, 3.8) is 0 Å². The molecule has 3 N–H and O–H groups in total. The molecule has 1 unspecified atom stereocenters. The predicted octanol–water partition coefficient (Wildman–Crippen LogP) is 1.86. The van der Waals surface area contributed by atoms with Crippen molar-refractivity contribution >= 4 is 15.8 Å². The molecule has 0 saturated heterocycles. The summed E-state index contributed by atoms with van der Waals surface area (Å²) in [6, 6.07) is 4.97. The number of rotatable bonds is 5. The fourth-order valence-electron chi connectivity index (χ4n) is 2.47. The average molecular weight is 335 g/mol. The van der Waals surface area contributed by atoms with Crippen LogP contribution in [0, 0.1) is 5.41 Å². The molecule has 124 valence electrons. The number of sulfonamides is 1. The highest BCUT2D eigenvalue weighted by atomic mass is 32.2. The van der Waals surface area contributed by atoms with Crippen LogP contribution in [0.15, 0.2) is 43.1 Å². The molecule has 0 fully saturated rings. The van der Waals surface area contributed by atoms with Crippen molar-refractivity contribution in [1.82, 2.24) is 15.0 Å². The highest BCUT2D eigenvalue weighted by Crippen LogP contribution is 2.40. The first-order chi connectivity index (χ1) is 10.6. The van der Waals surface area contributed by atoms with Crippen molar-refractivity contribution < 1.29 is 8.42 Å². The Kier molecular flexibility index (Phi) is 4.67. The quantitative estimate of drug-likeness (QED) is 0.863. The van der Waals surface area contributed by atoms with Gasteiger partial charge in [-0.15, -0.1) is 0 Å². The topological polar surface area (TPSA) is 111 Å². The first-order valence-electron chi connectivity index (χ1n) is 7.11. The number of aromatic nitrogens is 3. The van der Waals surface area contributed by atoms with Crippen molar-refractivity contribution in [1.29, 1.82) is 0 Å². The van der Waals surface area contributed by atoms with E-state index in [9.17, 15) is 8.42 Å². The second kappa shape index (κ2) is 6.21. The molecule has 7 nitrogen and oxygen atoms in total. The Morgan fingerprint density at radius 2 is 1.91 bits per heavy atom. The summed E-state index contributed by atoms with van der Waals surface area (Å²) >= 11 is 0. The lowest BCUT2D eigenvalue weighted by Crippen LogP contribution is -2.49. The van der Waals surface area contributed by atoms with E-state index in [-0.39, 0.29) is 11.8 Å². The molecule has 0 radical (unpaired) electrons. The highest BCUT2D eigenvalue weighted by Gasteiger charge is 2.46. The van der Waals surface area contributed by atoms with Crippen molar-refractivity contribution in [3.05, 3.63) is 48.7 Å². The van der Waals surface area contributed by atoms with Crippen molar-refractivity contribution in [2.75, 3.05) is 5.32 Å². The fraction of sp³-hybridized carbons (Fsp3) is 0.400. The molecule has 2 rings (SSSR count). The molecule has 0 bridgehead atoms. The van der Waals surface area contributed by atoms with Crippen molar-refractivity contribution in [2.24, 2.45) is 10.6 Å². The van der Waals surface area contributed by atoms with Gasteiger partial charge in [0.15, 0.2) is 4.87 Å². The zero-order valence-corrected chi connectivity index (χ0v) is 14.2. The minimum Gasteiger partial charge on any atom is -0.346 e. The van der Waals surface area contributed by atoms with E-state index in [1.165, 1.54) is 18.7 Å². The Balaban J connectivity index is 2.64. The maximum absolute atomic E-state index is 12.6. The van der Waals surface area contributed by atoms with Crippen LogP contribution in [0.5, 0.6) is 0 Å². The lowest BCUT2D eigenvalue weighted by atomic mass is 9.85. The van der Waals surface area contributed by atoms with Crippen LogP contribution in [0.3, 0.4) is 0 Å². The van der Waals surface area contributed by atoms with Crippen molar-refractivity contribution in [2.45, 2.75) is 32.1 Å². The molecule has 0 aromatic carbocycles. The Labute approximate surface area is 136 Å². The van der Waals surface area contributed by atoms with Crippen LogP contribution in [-0.4, -0.2) is 23.4 Å². The van der Waals surface area contributed by atoms with Crippen LogP contribution in [0.4, 0.5) is 5.82 Å². The third-order valence-corrected chi connectivity index (χ3v) is 4.76. The van der Waals surface area contributed by atoms with Gasteiger partial charge in [-0.05, 0) is 24.0 Å². The second-order valence-electron chi connectivity index (χ2n) is 6.57. The van der Waals surface area contributed by atoms with Gasteiger partial charge in [0.05, 0.1) is 0 Å². The molecular formula is C15H21N5O2S. The summed E-state index contributed by atoms with van der Waals surface area (Å²) in [5, 5.41) is 8.64. The van der Waals surface area contributed by atoms with E-state index in [0.717, 1.165) is 0 Å². The molecule has 23 heavy (non-hydrogen) atoms. The van der Waals surface area contributed by atoms with E-state index in [2.05, 4.69) is 20.3 Å². The van der Waals surface area contributed by atoms with E-state index in [1.807, 2.05) is 20.8 Å². The maximum Gasteiger partial charge on any atom is 0.237 e. The number of primary sulfonamides is 1. The molecule has 2 aromatic rings. The summed E-state index contributed by atoms with van der Waals surface area (Å²) in [5.41, 5.74) is 0.151. The summed E-state index contributed by atoms with van der Waals surface area (Å²) in [6.45, 7) is 5.85. The van der Waals surface area contributed by atoms with Gasteiger partial charge in [0.1, 0.15) is 12.1 Å². The SMILES string of the molecule is CC(C)(C)CC(Nc1ccncn1)(c1cccnc1)S(N)(=O)=O. The van der Waals surface area contributed by atoms with Crippen LogP contribution in [0.2, 0.25) is 0 Å². The molecule has 8 heteroatoms. The summed E-state index contributed by atoms with van der Waals surface area (Å²) in [6.07, 6.45) is 6.21. The monoisotopic (exact) mass is 335 g/mol. The molecule has 0 aliphatic rings. The van der Waals surface area contributed by atoms with Gasteiger partial charge in [-0.1, -0.05) is 26.8 Å². The number of nitrogens with one attached hydrogen (secondary N) is 1. The fourth-order valence-corrected chi connectivity index (χ4v) is 3.80. The molecule has 0 aliphatic heterocycles. The Hall–Kier alpha value is -2.06. The minimum atomic E-state index is -4.02. The standard InChI is InChI=1S/C15H21N5O2S/c1-14(2,3)10-15(23(16,21)22,12-5-4-7-17-9-12)20-13-6-8-18-11-19-13/h4-9,11H,10H2,1-3H3,(H2,16,21,22)(H,18,19,20). The van der Waals surface area contributed by atoms with E-state index in [1.54, 1.807) is 24.4 Å². The zero-order chi connectivity index (χ0) is 17.1. The number of hydrogen-bond acceptors (Lipinski definition) is 6. The van der Waals surface area contributed by atoms with Gasteiger partial charge < -0.3 is 5.32 Å². The molecule has 2 heterocycles. The van der Waals surface area contributed by atoms with Gasteiger partial charge in [0.25, 0.3) is 0 Å². The molecule has 0 saturated carbocycles. The lowest BCUT2D eigenvalue weighted by molar-refractivity contribution is 0.324. The summed E-state index contributed by atoms with van der Waals surface area (Å²) in [4.78, 5) is 10.4. The number of nitrogens with zero attached hydrogens (tertiary/aromatic N) is 3. The smallest absolute Gasteiger partial charge is 0.237 e. The van der Waals surface area contributed by atoms with Gasteiger partial charge in [0, 0.05) is 24.2 Å². The van der Waals surface area contributed by atoms with E-state index < -0.39 is 14.9 Å². The minimum absolute atomic E-state index is 0.245. The molecule has 1 atom stereocenters. The van der Waals surface area contributed by atoms with Crippen LogP contribution in [-0.2, 0) is 14.9 Å². The zero-order valence-electron chi connectivity index (χ0n) is 13.4.